The molecule has 0 aliphatic heterocycles. The van der Waals surface area contributed by atoms with Crippen LogP contribution in [0, 0.1) is 5.92 Å². The highest BCUT2D eigenvalue weighted by Crippen LogP contribution is 2.13. The van der Waals surface area contributed by atoms with Crippen molar-refractivity contribution in [1.29, 1.82) is 0 Å². The van der Waals surface area contributed by atoms with Crippen LogP contribution in [0.25, 0.3) is 0 Å². The molecule has 0 saturated heterocycles. The molecule has 1 nitrogen and oxygen atoms in total. The molecule has 0 fully saturated rings. The molecular weight excluding hydrogens is 165 g/mol. The predicted octanol–water partition coefficient (Wildman–Crippen LogP) is 3.15. The minimum Gasteiger partial charge on any atom is -0.309 e. The van der Waals surface area contributed by atoms with Crippen molar-refractivity contribution in [3.8, 4) is 0 Å². The second kappa shape index (κ2) is 5.58. The first kappa shape index (κ1) is 12.9. The summed E-state index contributed by atoms with van der Waals surface area (Å²) in [7, 11) is 0. The standard InChI is InChI=1S/C11H24FN/c1-6-7-9(2)10(12)8-13-11(3,4)5/h9-10,13H,6-8H2,1-5H3. The molecule has 0 spiro atoms. The van der Waals surface area contributed by atoms with Crippen LogP contribution in [0.2, 0.25) is 0 Å². The summed E-state index contributed by atoms with van der Waals surface area (Å²) in [6, 6.07) is 0. The molecule has 0 aromatic carbocycles. The molecule has 0 aliphatic carbocycles. The average molecular weight is 189 g/mol. The Labute approximate surface area is 82.1 Å². The number of nitrogens with one attached hydrogen (secondary N) is 1. The van der Waals surface area contributed by atoms with Gasteiger partial charge < -0.3 is 5.32 Å². The Morgan fingerprint density at radius 2 is 1.85 bits per heavy atom. The van der Waals surface area contributed by atoms with Crippen LogP contribution >= 0.6 is 0 Å². The van der Waals surface area contributed by atoms with E-state index in [1.165, 1.54) is 0 Å². The van der Waals surface area contributed by atoms with Crippen molar-refractivity contribution in [1.82, 2.24) is 5.32 Å². The van der Waals surface area contributed by atoms with Gasteiger partial charge in [-0.15, -0.1) is 0 Å². The summed E-state index contributed by atoms with van der Waals surface area (Å²) in [5, 5.41) is 3.19. The summed E-state index contributed by atoms with van der Waals surface area (Å²) in [4.78, 5) is 0. The molecule has 13 heavy (non-hydrogen) atoms. The van der Waals surface area contributed by atoms with E-state index in [1.807, 2.05) is 6.92 Å². The fourth-order valence-electron chi connectivity index (χ4n) is 1.24. The molecule has 1 N–H and O–H groups in total. The number of hydrogen-bond acceptors (Lipinski definition) is 1. The molecule has 0 bridgehead atoms. The first-order valence-corrected chi connectivity index (χ1v) is 5.26. The normalized spacial score (nSPS) is 17.1. The Hall–Kier alpha value is -0.110. The first-order chi connectivity index (χ1) is 5.87. The van der Waals surface area contributed by atoms with Crippen LogP contribution in [0.15, 0.2) is 0 Å². The van der Waals surface area contributed by atoms with Crippen molar-refractivity contribution in [3.05, 3.63) is 0 Å². The quantitative estimate of drug-likeness (QED) is 0.700. The monoisotopic (exact) mass is 189 g/mol. The van der Waals surface area contributed by atoms with Crippen LogP contribution in [0.3, 0.4) is 0 Å². The van der Waals surface area contributed by atoms with E-state index < -0.39 is 6.17 Å². The molecule has 0 aromatic heterocycles. The summed E-state index contributed by atoms with van der Waals surface area (Å²) < 4.78 is 13.5. The summed E-state index contributed by atoms with van der Waals surface area (Å²) in [6.45, 7) is 10.7. The SMILES string of the molecule is CCCC(C)C(F)CNC(C)(C)C. The van der Waals surface area contributed by atoms with E-state index >= 15 is 0 Å². The molecule has 0 radical (unpaired) electrons. The van der Waals surface area contributed by atoms with Gasteiger partial charge in [0.1, 0.15) is 6.17 Å². The topological polar surface area (TPSA) is 12.0 Å². The van der Waals surface area contributed by atoms with E-state index in [9.17, 15) is 4.39 Å². The van der Waals surface area contributed by atoms with Gasteiger partial charge in [0.15, 0.2) is 0 Å². The minimum atomic E-state index is -0.709. The van der Waals surface area contributed by atoms with Crippen LogP contribution in [0.1, 0.15) is 47.5 Å². The van der Waals surface area contributed by atoms with Crippen molar-refractivity contribution in [3.63, 3.8) is 0 Å². The van der Waals surface area contributed by atoms with Gasteiger partial charge in [-0.05, 0) is 33.1 Å². The zero-order chi connectivity index (χ0) is 10.5. The summed E-state index contributed by atoms with van der Waals surface area (Å²) >= 11 is 0. The molecule has 80 valence electrons. The fourth-order valence-corrected chi connectivity index (χ4v) is 1.24. The van der Waals surface area contributed by atoms with E-state index in [1.54, 1.807) is 0 Å². The molecule has 0 saturated carbocycles. The molecular formula is C11H24FN. The van der Waals surface area contributed by atoms with Gasteiger partial charge in [0.25, 0.3) is 0 Å². The Kier molecular flexibility index (Phi) is 5.54. The van der Waals surface area contributed by atoms with Crippen LogP contribution in [-0.4, -0.2) is 18.3 Å². The Bertz CT molecular complexity index is 129. The zero-order valence-electron chi connectivity index (χ0n) is 9.65. The average Bonchev–Trinajstić information content (AvgIpc) is 1.99. The van der Waals surface area contributed by atoms with E-state index in [0.717, 1.165) is 12.8 Å². The Balaban J connectivity index is 3.67. The molecule has 2 atom stereocenters. The van der Waals surface area contributed by atoms with Gasteiger partial charge in [-0.25, -0.2) is 4.39 Å². The van der Waals surface area contributed by atoms with Gasteiger partial charge in [-0.1, -0.05) is 20.3 Å². The van der Waals surface area contributed by atoms with Crippen molar-refractivity contribution in [2.75, 3.05) is 6.54 Å². The second-order valence-corrected chi connectivity index (χ2v) is 4.91. The largest absolute Gasteiger partial charge is 0.309 e. The second-order valence-electron chi connectivity index (χ2n) is 4.91. The van der Waals surface area contributed by atoms with E-state index in [-0.39, 0.29) is 11.5 Å². The lowest BCUT2D eigenvalue weighted by Crippen LogP contribution is -2.41. The third-order valence-electron chi connectivity index (χ3n) is 2.19. The van der Waals surface area contributed by atoms with Crippen LogP contribution in [0.5, 0.6) is 0 Å². The van der Waals surface area contributed by atoms with Crippen molar-refractivity contribution < 1.29 is 4.39 Å². The van der Waals surface area contributed by atoms with Gasteiger partial charge >= 0.3 is 0 Å². The van der Waals surface area contributed by atoms with Crippen LogP contribution < -0.4 is 5.32 Å². The van der Waals surface area contributed by atoms with E-state index in [0.29, 0.717) is 6.54 Å². The van der Waals surface area contributed by atoms with Crippen LogP contribution in [0.4, 0.5) is 4.39 Å². The summed E-state index contributed by atoms with van der Waals surface area (Å²) in [5.74, 6) is 0.180. The highest BCUT2D eigenvalue weighted by Gasteiger charge is 2.18. The maximum atomic E-state index is 13.5. The van der Waals surface area contributed by atoms with Gasteiger partial charge in [0, 0.05) is 12.1 Å². The van der Waals surface area contributed by atoms with Gasteiger partial charge in [0.05, 0.1) is 0 Å². The third-order valence-corrected chi connectivity index (χ3v) is 2.19. The molecule has 2 heteroatoms. The Morgan fingerprint density at radius 3 is 2.23 bits per heavy atom. The molecule has 0 rings (SSSR count). The van der Waals surface area contributed by atoms with Gasteiger partial charge in [-0.2, -0.15) is 0 Å². The number of halogens is 1. The molecule has 2 unspecified atom stereocenters. The summed E-state index contributed by atoms with van der Waals surface area (Å²) in [5.41, 5.74) is 0.0241. The maximum Gasteiger partial charge on any atom is 0.115 e. The lowest BCUT2D eigenvalue weighted by Gasteiger charge is -2.24. The zero-order valence-corrected chi connectivity index (χ0v) is 9.65. The lowest BCUT2D eigenvalue weighted by molar-refractivity contribution is 0.207. The smallest absolute Gasteiger partial charge is 0.115 e. The highest BCUT2D eigenvalue weighted by molar-refractivity contribution is 4.75. The van der Waals surface area contributed by atoms with E-state index in [2.05, 4.69) is 33.0 Å². The number of rotatable bonds is 5. The minimum absolute atomic E-state index is 0.0241. The molecule has 0 heterocycles. The van der Waals surface area contributed by atoms with Crippen LogP contribution in [-0.2, 0) is 0 Å². The molecule has 0 aliphatic rings. The fraction of sp³-hybridized carbons (Fsp3) is 1.00. The van der Waals surface area contributed by atoms with E-state index in [4.69, 9.17) is 0 Å². The lowest BCUT2D eigenvalue weighted by atomic mass is 9.99. The van der Waals surface area contributed by atoms with Crippen molar-refractivity contribution >= 4 is 0 Å². The first-order valence-electron chi connectivity index (χ1n) is 5.26. The van der Waals surface area contributed by atoms with Crippen molar-refractivity contribution in [2.24, 2.45) is 5.92 Å². The highest BCUT2D eigenvalue weighted by atomic mass is 19.1. The predicted molar refractivity (Wildman–Crippen MR) is 56.7 cm³/mol. The number of alkyl halides is 1. The Morgan fingerprint density at radius 1 is 1.31 bits per heavy atom. The maximum absolute atomic E-state index is 13.5. The summed E-state index contributed by atoms with van der Waals surface area (Å²) in [6.07, 6.45) is 1.34. The third kappa shape index (κ3) is 7.00. The van der Waals surface area contributed by atoms with Crippen molar-refractivity contribution in [2.45, 2.75) is 59.2 Å². The molecule has 0 amide bonds. The van der Waals surface area contributed by atoms with Gasteiger partial charge in [0.2, 0.25) is 0 Å². The number of hydrogen-bond donors (Lipinski definition) is 1. The van der Waals surface area contributed by atoms with Gasteiger partial charge in [-0.3, -0.25) is 0 Å². The molecule has 0 aromatic rings.